The predicted molar refractivity (Wildman–Crippen MR) is 76.3 cm³/mol. The Labute approximate surface area is 117 Å². The summed E-state index contributed by atoms with van der Waals surface area (Å²) in [4.78, 5) is 10.9. The maximum absolute atomic E-state index is 10.9. The molecular weight excluding hydrogens is 256 g/mol. The Morgan fingerprint density at radius 3 is 2.25 bits per heavy atom. The van der Waals surface area contributed by atoms with E-state index in [2.05, 4.69) is 0 Å². The topological polar surface area (TPSA) is 55.8 Å². The lowest BCUT2D eigenvalue weighted by atomic mass is 10.0. The predicted octanol–water partition coefficient (Wildman–Crippen LogP) is 3.00. The summed E-state index contributed by atoms with van der Waals surface area (Å²) in [6.45, 7) is 0. The van der Waals surface area contributed by atoms with Crippen molar-refractivity contribution < 1.29 is 19.4 Å². The second-order valence-electron chi connectivity index (χ2n) is 4.30. The van der Waals surface area contributed by atoms with Crippen molar-refractivity contribution >= 4 is 5.97 Å². The normalized spacial score (nSPS) is 10.1. The van der Waals surface area contributed by atoms with Crippen LogP contribution >= 0.6 is 0 Å². The Morgan fingerprint density at radius 2 is 1.70 bits per heavy atom. The van der Waals surface area contributed by atoms with Gasteiger partial charge in [0, 0.05) is 11.1 Å². The average Bonchev–Trinajstić information content (AvgIpc) is 2.47. The van der Waals surface area contributed by atoms with Gasteiger partial charge in [0.05, 0.1) is 20.6 Å². The molecule has 4 heteroatoms. The minimum absolute atomic E-state index is 0.103. The molecule has 0 saturated heterocycles. The Kier molecular flexibility index (Phi) is 4.25. The highest BCUT2D eigenvalue weighted by molar-refractivity contribution is 5.76. The molecule has 4 nitrogen and oxygen atoms in total. The number of methoxy groups -OCH3 is 2. The number of carboxylic acid groups (broad SMARTS) is 1. The van der Waals surface area contributed by atoms with E-state index in [1.54, 1.807) is 13.2 Å². The lowest BCUT2D eigenvalue weighted by Gasteiger charge is -2.14. The van der Waals surface area contributed by atoms with E-state index in [0.29, 0.717) is 17.1 Å². The number of hydrogen-bond donors (Lipinski definition) is 1. The molecule has 2 rings (SSSR count). The molecule has 0 amide bonds. The monoisotopic (exact) mass is 272 g/mol. The standard InChI is InChI=1S/C16H16O4/c1-19-14-10-13(11-6-4-3-5-7-11)15(20-2)8-12(14)9-16(17)18/h3-8,10H,9H2,1-2H3,(H,17,18). The van der Waals surface area contributed by atoms with Crippen LogP contribution in [0.3, 0.4) is 0 Å². The molecule has 0 aliphatic carbocycles. The smallest absolute Gasteiger partial charge is 0.307 e. The lowest BCUT2D eigenvalue weighted by Crippen LogP contribution is -2.03. The molecule has 1 N–H and O–H groups in total. The molecule has 0 spiro atoms. The van der Waals surface area contributed by atoms with Crippen LogP contribution in [0.25, 0.3) is 11.1 Å². The van der Waals surface area contributed by atoms with Crippen LogP contribution in [-0.4, -0.2) is 25.3 Å². The van der Waals surface area contributed by atoms with Gasteiger partial charge < -0.3 is 14.6 Å². The molecule has 0 aliphatic rings. The molecule has 0 radical (unpaired) electrons. The van der Waals surface area contributed by atoms with E-state index in [4.69, 9.17) is 14.6 Å². The second-order valence-corrected chi connectivity index (χ2v) is 4.30. The zero-order valence-electron chi connectivity index (χ0n) is 11.4. The largest absolute Gasteiger partial charge is 0.496 e. The summed E-state index contributed by atoms with van der Waals surface area (Å²) < 4.78 is 10.7. The zero-order chi connectivity index (χ0) is 14.5. The van der Waals surface area contributed by atoms with Gasteiger partial charge in [0.15, 0.2) is 0 Å². The van der Waals surface area contributed by atoms with E-state index < -0.39 is 5.97 Å². The van der Waals surface area contributed by atoms with Crippen LogP contribution in [0.5, 0.6) is 11.5 Å². The molecule has 0 aromatic heterocycles. The van der Waals surface area contributed by atoms with Crippen LogP contribution in [-0.2, 0) is 11.2 Å². The van der Waals surface area contributed by atoms with Crippen molar-refractivity contribution in [2.75, 3.05) is 14.2 Å². The first-order chi connectivity index (χ1) is 9.65. The van der Waals surface area contributed by atoms with Crippen molar-refractivity contribution in [3.63, 3.8) is 0 Å². The molecule has 0 fully saturated rings. The van der Waals surface area contributed by atoms with Crippen LogP contribution < -0.4 is 9.47 Å². The van der Waals surface area contributed by atoms with Crippen LogP contribution in [0.15, 0.2) is 42.5 Å². The number of carbonyl (C=O) groups is 1. The second kappa shape index (κ2) is 6.10. The van der Waals surface area contributed by atoms with E-state index >= 15 is 0 Å². The van der Waals surface area contributed by atoms with Gasteiger partial charge >= 0.3 is 5.97 Å². The van der Waals surface area contributed by atoms with Crippen molar-refractivity contribution in [2.45, 2.75) is 6.42 Å². The summed E-state index contributed by atoms with van der Waals surface area (Å²) >= 11 is 0. The van der Waals surface area contributed by atoms with Crippen molar-refractivity contribution in [3.05, 3.63) is 48.0 Å². The third-order valence-corrected chi connectivity index (χ3v) is 3.03. The molecule has 2 aromatic rings. The fraction of sp³-hybridized carbons (Fsp3) is 0.188. The summed E-state index contributed by atoms with van der Waals surface area (Å²) in [5, 5.41) is 8.94. The highest BCUT2D eigenvalue weighted by atomic mass is 16.5. The Hall–Kier alpha value is -2.49. The van der Waals surface area contributed by atoms with Gasteiger partial charge in [-0.3, -0.25) is 4.79 Å². The maximum Gasteiger partial charge on any atom is 0.307 e. The van der Waals surface area contributed by atoms with Crippen molar-refractivity contribution in [2.24, 2.45) is 0 Å². The zero-order valence-corrected chi connectivity index (χ0v) is 11.4. The van der Waals surface area contributed by atoms with Crippen LogP contribution in [0, 0.1) is 0 Å². The third-order valence-electron chi connectivity index (χ3n) is 3.03. The Balaban J connectivity index is 2.55. The minimum Gasteiger partial charge on any atom is -0.496 e. The molecule has 2 aromatic carbocycles. The molecule has 0 heterocycles. The number of aliphatic carboxylic acids is 1. The number of rotatable bonds is 5. The van der Waals surface area contributed by atoms with Crippen molar-refractivity contribution in [3.8, 4) is 22.6 Å². The summed E-state index contributed by atoms with van der Waals surface area (Å²) in [6, 6.07) is 13.3. The number of hydrogen-bond acceptors (Lipinski definition) is 3. The summed E-state index contributed by atoms with van der Waals surface area (Å²) in [5.41, 5.74) is 2.46. The lowest BCUT2D eigenvalue weighted by molar-refractivity contribution is -0.136. The molecule has 20 heavy (non-hydrogen) atoms. The van der Waals surface area contributed by atoms with E-state index in [0.717, 1.165) is 11.1 Å². The molecule has 0 saturated carbocycles. The van der Waals surface area contributed by atoms with Gasteiger partial charge in [-0.1, -0.05) is 30.3 Å². The van der Waals surface area contributed by atoms with Gasteiger partial charge in [-0.15, -0.1) is 0 Å². The fourth-order valence-corrected chi connectivity index (χ4v) is 2.11. The maximum atomic E-state index is 10.9. The molecule has 104 valence electrons. The fourth-order valence-electron chi connectivity index (χ4n) is 2.11. The highest BCUT2D eigenvalue weighted by Gasteiger charge is 2.14. The Bertz CT molecular complexity index is 605. The van der Waals surface area contributed by atoms with Gasteiger partial charge in [-0.05, 0) is 17.7 Å². The first kappa shape index (κ1) is 13.9. The van der Waals surface area contributed by atoms with Crippen molar-refractivity contribution in [1.82, 2.24) is 0 Å². The first-order valence-corrected chi connectivity index (χ1v) is 6.17. The van der Waals surface area contributed by atoms with Gasteiger partial charge in [0.2, 0.25) is 0 Å². The van der Waals surface area contributed by atoms with Gasteiger partial charge in [-0.2, -0.15) is 0 Å². The van der Waals surface area contributed by atoms with Gasteiger partial charge in [-0.25, -0.2) is 0 Å². The average molecular weight is 272 g/mol. The minimum atomic E-state index is -0.905. The summed E-state index contributed by atoms with van der Waals surface area (Å²) in [5.74, 6) is 0.276. The van der Waals surface area contributed by atoms with E-state index in [-0.39, 0.29) is 6.42 Å². The van der Waals surface area contributed by atoms with Crippen molar-refractivity contribution in [1.29, 1.82) is 0 Å². The summed E-state index contributed by atoms with van der Waals surface area (Å²) in [7, 11) is 3.10. The summed E-state index contributed by atoms with van der Waals surface area (Å²) in [6.07, 6.45) is -0.103. The quantitative estimate of drug-likeness (QED) is 0.909. The number of benzene rings is 2. The van der Waals surface area contributed by atoms with E-state index in [9.17, 15) is 4.79 Å². The highest BCUT2D eigenvalue weighted by Crippen LogP contribution is 2.36. The number of carboxylic acids is 1. The van der Waals surface area contributed by atoms with E-state index in [1.165, 1.54) is 7.11 Å². The molecule has 0 atom stereocenters. The molecular formula is C16H16O4. The SMILES string of the molecule is COc1cc(-c2ccccc2)c(OC)cc1CC(=O)O. The van der Waals surface area contributed by atoms with Crippen LogP contribution in [0.4, 0.5) is 0 Å². The Morgan fingerprint density at radius 1 is 1.05 bits per heavy atom. The first-order valence-electron chi connectivity index (χ1n) is 6.17. The van der Waals surface area contributed by atoms with Crippen LogP contribution in [0.1, 0.15) is 5.56 Å². The van der Waals surface area contributed by atoms with Gasteiger partial charge in [0.1, 0.15) is 11.5 Å². The molecule has 0 aliphatic heterocycles. The number of ether oxygens (including phenoxy) is 2. The third kappa shape index (κ3) is 2.91. The molecule has 0 unspecified atom stereocenters. The molecule has 0 bridgehead atoms. The van der Waals surface area contributed by atoms with E-state index in [1.807, 2.05) is 36.4 Å². The van der Waals surface area contributed by atoms with Gasteiger partial charge in [0.25, 0.3) is 0 Å². The van der Waals surface area contributed by atoms with Crippen LogP contribution in [0.2, 0.25) is 0 Å².